The van der Waals surface area contributed by atoms with Crippen molar-refractivity contribution in [3.05, 3.63) is 22.4 Å². The van der Waals surface area contributed by atoms with Gasteiger partial charge < -0.3 is 9.64 Å². The highest BCUT2D eigenvalue weighted by atomic mass is 32.1. The van der Waals surface area contributed by atoms with Crippen molar-refractivity contribution in [2.45, 2.75) is 6.42 Å². The summed E-state index contributed by atoms with van der Waals surface area (Å²) in [5.74, 6) is 0.804. The molecule has 0 aliphatic rings. The summed E-state index contributed by atoms with van der Waals surface area (Å²) in [6.45, 7) is 3.66. The number of thiol groups is 1. The van der Waals surface area contributed by atoms with Crippen LogP contribution in [-0.2, 0) is 11.2 Å². The SMILES string of the molecule is CN(CCOCCS)CCc1cccs1. The molecular weight excluding hydrogens is 226 g/mol. The number of hydrogen-bond donors (Lipinski definition) is 1. The lowest BCUT2D eigenvalue weighted by Gasteiger charge is -2.15. The average molecular weight is 245 g/mol. The number of ether oxygens (including phenoxy) is 1. The maximum atomic E-state index is 5.38. The number of nitrogens with zero attached hydrogens (tertiary/aromatic N) is 1. The Bertz CT molecular complexity index is 239. The first kappa shape index (κ1) is 13.0. The van der Waals surface area contributed by atoms with Crippen LogP contribution in [0.25, 0.3) is 0 Å². The molecule has 0 spiro atoms. The first-order chi connectivity index (χ1) is 7.33. The molecule has 86 valence electrons. The third kappa shape index (κ3) is 6.20. The molecule has 0 fully saturated rings. The Hall–Kier alpha value is -0.0300. The summed E-state index contributed by atoms with van der Waals surface area (Å²) in [7, 11) is 2.14. The van der Waals surface area contributed by atoms with E-state index in [9.17, 15) is 0 Å². The molecule has 0 atom stereocenters. The Kier molecular flexibility index (Phi) is 7.09. The average Bonchev–Trinajstić information content (AvgIpc) is 2.74. The van der Waals surface area contributed by atoms with Crippen molar-refractivity contribution in [1.29, 1.82) is 0 Å². The topological polar surface area (TPSA) is 12.5 Å². The van der Waals surface area contributed by atoms with Crippen molar-refractivity contribution in [1.82, 2.24) is 4.90 Å². The standard InChI is InChI=1S/C11H19NOS2/c1-12(6-7-13-8-9-14)5-4-11-3-2-10-15-11/h2-3,10,14H,4-9H2,1H3. The zero-order valence-corrected chi connectivity index (χ0v) is 10.9. The Morgan fingerprint density at radius 2 is 2.27 bits per heavy atom. The van der Waals surface area contributed by atoms with Gasteiger partial charge in [-0.05, 0) is 24.9 Å². The molecule has 0 amide bonds. The molecule has 0 N–H and O–H groups in total. The molecule has 0 saturated carbocycles. The van der Waals surface area contributed by atoms with Crippen LogP contribution in [-0.4, -0.2) is 44.0 Å². The lowest BCUT2D eigenvalue weighted by molar-refractivity contribution is 0.125. The molecule has 0 unspecified atom stereocenters. The van der Waals surface area contributed by atoms with Crippen molar-refractivity contribution in [2.75, 3.05) is 39.1 Å². The van der Waals surface area contributed by atoms with Gasteiger partial charge in [0.15, 0.2) is 0 Å². The van der Waals surface area contributed by atoms with Gasteiger partial charge >= 0.3 is 0 Å². The van der Waals surface area contributed by atoms with E-state index in [0.717, 1.165) is 38.5 Å². The van der Waals surface area contributed by atoms with Gasteiger partial charge in [0.25, 0.3) is 0 Å². The van der Waals surface area contributed by atoms with Crippen LogP contribution in [0.4, 0.5) is 0 Å². The highest BCUT2D eigenvalue weighted by molar-refractivity contribution is 7.80. The Balaban J connectivity index is 2.01. The summed E-state index contributed by atoms with van der Waals surface area (Å²) in [6, 6.07) is 4.30. The Morgan fingerprint density at radius 1 is 1.40 bits per heavy atom. The molecule has 4 heteroatoms. The van der Waals surface area contributed by atoms with Crippen molar-refractivity contribution < 1.29 is 4.74 Å². The van der Waals surface area contributed by atoms with E-state index in [1.54, 1.807) is 0 Å². The highest BCUT2D eigenvalue weighted by Gasteiger charge is 1.99. The molecule has 0 bridgehead atoms. The second-order valence-corrected chi connectivity index (χ2v) is 4.95. The van der Waals surface area contributed by atoms with E-state index in [1.807, 2.05) is 11.3 Å². The van der Waals surface area contributed by atoms with E-state index >= 15 is 0 Å². The van der Waals surface area contributed by atoms with Crippen molar-refractivity contribution in [3.63, 3.8) is 0 Å². The van der Waals surface area contributed by atoms with E-state index < -0.39 is 0 Å². The third-order valence-electron chi connectivity index (χ3n) is 2.17. The molecule has 1 aromatic rings. The van der Waals surface area contributed by atoms with Crippen LogP contribution in [0, 0.1) is 0 Å². The predicted molar refractivity (Wildman–Crippen MR) is 70.2 cm³/mol. The van der Waals surface area contributed by atoms with Gasteiger partial charge in [0.05, 0.1) is 13.2 Å². The lowest BCUT2D eigenvalue weighted by Crippen LogP contribution is -2.25. The van der Waals surface area contributed by atoms with E-state index in [4.69, 9.17) is 4.74 Å². The summed E-state index contributed by atoms with van der Waals surface area (Å²) in [4.78, 5) is 3.76. The first-order valence-electron chi connectivity index (χ1n) is 5.22. The van der Waals surface area contributed by atoms with Gasteiger partial charge in [-0.15, -0.1) is 11.3 Å². The van der Waals surface area contributed by atoms with Crippen LogP contribution < -0.4 is 0 Å². The lowest BCUT2D eigenvalue weighted by atomic mass is 10.3. The second-order valence-electron chi connectivity index (χ2n) is 3.47. The third-order valence-corrected chi connectivity index (χ3v) is 3.29. The van der Waals surface area contributed by atoms with E-state index in [0.29, 0.717) is 0 Å². The van der Waals surface area contributed by atoms with Crippen LogP contribution in [0.5, 0.6) is 0 Å². The highest BCUT2D eigenvalue weighted by Crippen LogP contribution is 2.09. The number of hydrogen-bond acceptors (Lipinski definition) is 4. The zero-order valence-electron chi connectivity index (χ0n) is 9.19. The summed E-state index contributed by atoms with van der Waals surface area (Å²) >= 11 is 5.92. The number of likely N-dealkylation sites (N-methyl/N-ethyl adjacent to an activating group) is 1. The zero-order chi connectivity index (χ0) is 10.9. The Morgan fingerprint density at radius 3 is 2.93 bits per heavy atom. The molecule has 0 saturated heterocycles. The molecule has 1 aromatic heterocycles. The molecular formula is C11H19NOS2. The van der Waals surface area contributed by atoms with Gasteiger partial charge in [-0.2, -0.15) is 12.6 Å². The van der Waals surface area contributed by atoms with Crippen LogP contribution in [0.2, 0.25) is 0 Å². The monoisotopic (exact) mass is 245 g/mol. The molecule has 0 aliphatic carbocycles. The molecule has 1 heterocycles. The minimum Gasteiger partial charge on any atom is -0.379 e. The molecule has 0 aromatic carbocycles. The predicted octanol–water partition coefficient (Wildman–Crippen LogP) is 2.17. The summed E-state index contributed by atoms with van der Waals surface area (Å²) in [5.41, 5.74) is 0. The minimum absolute atomic E-state index is 0.752. The van der Waals surface area contributed by atoms with Gasteiger partial charge in [0.1, 0.15) is 0 Å². The summed E-state index contributed by atoms with van der Waals surface area (Å²) in [5, 5.41) is 2.13. The minimum atomic E-state index is 0.752. The maximum absolute atomic E-state index is 5.38. The fraction of sp³-hybridized carbons (Fsp3) is 0.636. The van der Waals surface area contributed by atoms with E-state index in [-0.39, 0.29) is 0 Å². The second kappa shape index (κ2) is 8.16. The maximum Gasteiger partial charge on any atom is 0.0593 e. The van der Waals surface area contributed by atoms with Crippen molar-refractivity contribution in [2.24, 2.45) is 0 Å². The Labute approximate surface area is 102 Å². The fourth-order valence-electron chi connectivity index (χ4n) is 1.25. The first-order valence-corrected chi connectivity index (χ1v) is 6.73. The quantitative estimate of drug-likeness (QED) is 0.557. The van der Waals surface area contributed by atoms with Crippen LogP contribution in [0.3, 0.4) is 0 Å². The number of thiophene rings is 1. The van der Waals surface area contributed by atoms with Crippen LogP contribution in [0.1, 0.15) is 4.88 Å². The van der Waals surface area contributed by atoms with Crippen molar-refractivity contribution in [3.8, 4) is 0 Å². The van der Waals surface area contributed by atoms with Gasteiger partial charge in [-0.3, -0.25) is 0 Å². The van der Waals surface area contributed by atoms with E-state index in [1.165, 1.54) is 4.88 Å². The van der Waals surface area contributed by atoms with Gasteiger partial charge in [0.2, 0.25) is 0 Å². The smallest absolute Gasteiger partial charge is 0.0593 e. The van der Waals surface area contributed by atoms with Crippen molar-refractivity contribution >= 4 is 24.0 Å². The molecule has 15 heavy (non-hydrogen) atoms. The molecule has 2 nitrogen and oxygen atoms in total. The van der Waals surface area contributed by atoms with Gasteiger partial charge in [-0.1, -0.05) is 6.07 Å². The van der Waals surface area contributed by atoms with Crippen LogP contribution >= 0.6 is 24.0 Å². The van der Waals surface area contributed by atoms with Gasteiger partial charge in [0, 0.05) is 23.7 Å². The molecule has 0 radical (unpaired) electrons. The van der Waals surface area contributed by atoms with Crippen LogP contribution in [0.15, 0.2) is 17.5 Å². The largest absolute Gasteiger partial charge is 0.379 e. The molecule has 1 rings (SSSR count). The number of rotatable bonds is 8. The summed E-state index contributed by atoms with van der Waals surface area (Å²) in [6.07, 6.45) is 1.14. The van der Waals surface area contributed by atoms with E-state index in [2.05, 4.69) is 42.1 Å². The van der Waals surface area contributed by atoms with Gasteiger partial charge in [-0.25, -0.2) is 0 Å². The normalized spacial score (nSPS) is 11.1. The fourth-order valence-corrected chi connectivity index (χ4v) is 2.08. The molecule has 0 aliphatic heterocycles. The summed E-state index contributed by atoms with van der Waals surface area (Å²) < 4.78 is 5.38.